The molecule has 2 aromatic carbocycles. The molecule has 0 saturated carbocycles. The molecule has 1 fully saturated rings. The molecule has 3 amide bonds. The number of rotatable bonds is 4. The summed E-state index contributed by atoms with van der Waals surface area (Å²) in [6.07, 6.45) is 0. The van der Waals surface area contributed by atoms with Crippen LogP contribution in [0.15, 0.2) is 48.5 Å². The van der Waals surface area contributed by atoms with Gasteiger partial charge >= 0.3 is 0 Å². The van der Waals surface area contributed by atoms with Crippen LogP contribution in [0, 0.1) is 5.82 Å². The highest BCUT2D eigenvalue weighted by Gasteiger charge is 2.25. The Bertz CT molecular complexity index is 916. The Morgan fingerprint density at radius 2 is 1.52 bits per heavy atom. The molecule has 1 aliphatic heterocycles. The summed E-state index contributed by atoms with van der Waals surface area (Å²) in [6.45, 7) is 1.75. The fourth-order valence-corrected chi connectivity index (χ4v) is 3.22. The van der Waals surface area contributed by atoms with E-state index in [2.05, 4.69) is 10.9 Å². The number of hydrazine groups is 1. The van der Waals surface area contributed by atoms with Crippen molar-refractivity contribution in [2.24, 2.45) is 0 Å². The Labute approximate surface area is 172 Å². The molecule has 2 aromatic rings. The molecule has 0 unspecified atom stereocenters. The van der Waals surface area contributed by atoms with Gasteiger partial charge < -0.3 is 4.90 Å². The molecule has 0 bridgehead atoms. The van der Waals surface area contributed by atoms with Crippen LogP contribution >= 0.6 is 11.6 Å². The standard InChI is InChI=1S/C20H20ClFN4O3/c21-16-7-3-1-5-14(16)19(28)24-23-18(27)13-25-9-11-26(12-10-25)20(29)15-6-2-4-8-17(15)22/h1-8H,9-13H2,(H,23,27)(H,24,28). The molecular weight excluding hydrogens is 399 g/mol. The second-order valence-corrected chi connectivity index (χ2v) is 6.94. The first kappa shape index (κ1) is 20.8. The fourth-order valence-electron chi connectivity index (χ4n) is 3.00. The lowest BCUT2D eigenvalue weighted by Crippen LogP contribution is -2.53. The van der Waals surface area contributed by atoms with Gasteiger partial charge in [0, 0.05) is 26.2 Å². The van der Waals surface area contributed by atoms with E-state index in [9.17, 15) is 18.8 Å². The van der Waals surface area contributed by atoms with E-state index in [1.54, 1.807) is 35.2 Å². The van der Waals surface area contributed by atoms with Crippen LogP contribution in [0.3, 0.4) is 0 Å². The molecule has 0 aromatic heterocycles. The molecule has 152 valence electrons. The van der Waals surface area contributed by atoms with Crippen molar-refractivity contribution in [3.05, 3.63) is 70.5 Å². The minimum Gasteiger partial charge on any atom is -0.336 e. The van der Waals surface area contributed by atoms with Crippen molar-refractivity contribution in [3.63, 3.8) is 0 Å². The lowest BCUT2D eigenvalue weighted by molar-refractivity contribution is -0.123. The summed E-state index contributed by atoms with van der Waals surface area (Å²) in [7, 11) is 0. The summed E-state index contributed by atoms with van der Waals surface area (Å²) in [6, 6.07) is 12.4. The maximum Gasteiger partial charge on any atom is 0.271 e. The average molecular weight is 419 g/mol. The first-order valence-corrected chi connectivity index (χ1v) is 9.43. The molecule has 0 spiro atoms. The Kier molecular flexibility index (Phi) is 6.79. The maximum absolute atomic E-state index is 13.8. The van der Waals surface area contributed by atoms with Crippen LogP contribution in [-0.4, -0.2) is 60.2 Å². The third-order valence-corrected chi connectivity index (χ3v) is 4.89. The molecule has 0 aliphatic carbocycles. The quantitative estimate of drug-likeness (QED) is 0.740. The van der Waals surface area contributed by atoms with Gasteiger partial charge in [0.1, 0.15) is 5.82 Å². The Morgan fingerprint density at radius 3 is 2.17 bits per heavy atom. The van der Waals surface area contributed by atoms with Crippen molar-refractivity contribution in [2.45, 2.75) is 0 Å². The zero-order valence-electron chi connectivity index (χ0n) is 15.5. The second-order valence-electron chi connectivity index (χ2n) is 6.53. The van der Waals surface area contributed by atoms with Crippen molar-refractivity contribution in [2.75, 3.05) is 32.7 Å². The van der Waals surface area contributed by atoms with Crippen molar-refractivity contribution in [3.8, 4) is 0 Å². The van der Waals surface area contributed by atoms with E-state index in [1.165, 1.54) is 18.2 Å². The van der Waals surface area contributed by atoms with Gasteiger partial charge in [0.2, 0.25) is 0 Å². The van der Waals surface area contributed by atoms with Crippen LogP contribution in [0.4, 0.5) is 4.39 Å². The largest absolute Gasteiger partial charge is 0.336 e. The van der Waals surface area contributed by atoms with Crippen molar-refractivity contribution in [1.82, 2.24) is 20.7 Å². The monoisotopic (exact) mass is 418 g/mol. The number of carbonyl (C=O) groups is 3. The SMILES string of the molecule is O=C(CN1CCN(C(=O)c2ccccc2F)CC1)NNC(=O)c1ccccc1Cl. The molecule has 0 atom stereocenters. The molecular formula is C20H20ClFN4O3. The average Bonchev–Trinajstić information content (AvgIpc) is 2.73. The predicted octanol–water partition coefficient (Wildman–Crippen LogP) is 1.70. The van der Waals surface area contributed by atoms with Crippen LogP contribution in [0.1, 0.15) is 20.7 Å². The van der Waals surface area contributed by atoms with Gasteiger partial charge in [-0.25, -0.2) is 4.39 Å². The van der Waals surface area contributed by atoms with Crippen molar-refractivity contribution >= 4 is 29.3 Å². The van der Waals surface area contributed by atoms with Gasteiger partial charge in [0.15, 0.2) is 0 Å². The van der Waals surface area contributed by atoms with Gasteiger partial charge in [-0.05, 0) is 24.3 Å². The van der Waals surface area contributed by atoms with Crippen LogP contribution in [-0.2, 0) is 4.79 Å². The highest BCUT2D eigenvalue weighted by Crippen LogP contribution is 2.14. The van der Waals surface area contributed by atoms with E-state index in [-0.39, 0.29) is 34.5 Å². The Balaban J connectivity index is 1.44. The molecule has 1 saturated heterocycles. The van der Waals surface area contributed by atoms with Crippen molar-refractivity contribution in [1.29, 1.82) is 0 Å². The third kappa shape index (κ3) is 5.30. The molecule has 7 nitrogen and oxygen atoms in total. The van der Waals surface area contributed by atoms with Gasteiger partial charge in [-0.3, -0.25) is 30.1 Å². The number of nitrogens with one attached hydrogen (secondary N) is 2. The lowest BCUT2D eigenvalue weighted by atomic mass is 10.1. The highest BCUT2D eigenvalue weighted by molar-refractivity contribution is 6.33. The minimum atomic E-state index is -0.548. The lowest BCUT2D eigenvalue weighted by Gasteiger charge is -2.34. The topological polar surface area (TPSA) is 81.8 Å². The third-order valence-electron chi connectivity index (χ3n) is 4.56. The molecule has 3 rings (SSSR count). The van der Waals surface area contributed by atoms with Crippen LogP contribution in [0.25, 0.3) is 0 Å². The molecule has 0 radical (unpaired) electrons. The molecule has 2 N–H and O–H groups in total. The summed E-state index contributed by atoms with van der Waals surface area (Å²) < 4.78 is 13.8. The maximum atomic E-state index is 13.8. The van der Waals surface area contributed by atoms with Gasteiger partial charge in [0.25, 0.3) is 17.7 Å². The second kappa shape index (κ2) is 9.49. The fraction of sp³-hybridized carbons (Fsp3) is 0.250. The minimum absolute atomic E-state index is 0.0426. The van der Waals surface area contributed by atoms with Gasteiger partial charge in [-0.2, -0.15) is 0 Å². The van der Waals surface area contributed by atoms with Gasteiger partial charge in [-0.1, -0.05) is 35.9 Å². The van der Waals surface area contributed by atoms with E-state index in [0.29, 0.717) is 26.2 Å². The summed E-state index contributed by atoms with van der Waals surface area (Å²) in [4.78, 5) is 40.0. The van der Waals surface area contributed by atoms with E-state index < -0.39 is 11.7 Å². The number of amides is 3. The van der Waals surface area contributed by atoms with Gasteiger partial charge in [0.05, 0.1) is 22.7 Å². The summed E-state index contributed by atoms with van der Waals surface area (Å²) >= 11 is 5.95. The number of hydrogen-bond acceptors (Lipinski definition) is 4. The first-order chi connectivity index (χ1) is 14.0. The van der Waals surface area contributed by atoms with E-state index in [1.807, 2.05) is 4.90 Å². The highest BCUT2D eigenvalue weighted by atomic mass is 35.5. The van der Waals surface area contributed by atoms with E-state index >= 15 is 0 Å². The number of piperazine rings is 1. The molecule has 1 heterocycles. The molecule has 9 heteroatoms. The summed E-state index contributed by atoms with van der Waals surface area (Å²) in [5.74, 6) is -1.81. The number of nitrogens with zero attached hydrogens (tertiary/aromatic N) is 2. The number of halogens is 2. The van der Waals surface area contributed by atoms with E-state index in [0.717, 1.165) is 0 Å². The summed E-state index contributed by atoms with van der Waals surface area (Å²) in [5, 5.41) is 0.287. The number of benzene rings is 2. The Morgan fingerprint density at radius 1 is 0.897 bits per heavy atom. The van der Waals surface area contributed by atoms with Gasteiger partial charge in [-0.15, -0.1) is 0 Å². The van der Waals surface area contributed by atoms with Crippen molar-refractivity contribution < 1.29 is 18.8 Å². The predicted molar refractivity (Wildman–Crippen MR) is 106 cm³/mol. The summed E-state index contributed by atoms with van der Waals surface area (Å²) in [5.41, 5.74) is 4.98. The zero-order chi connectivity index (χ0) is 20.8. The number of hydrogen-bond donors (Lipinski definition) is 2. The zero-order valence-corrected chi connectivity index (χ0v) is 16.3. The van der Waals surface area contributed by atoms with Crippen LogP contribution in [0.5, 0.6) is 0 Å². The number of carbonyl (C=O) groups excluding carboxylic acids is 3. The molecule has 29 heavy (non-hydrogen) atoms. The normalized spacial score (nSPS) is 14.3. The first-order valence-electron chi connectivity index (χ1n) is 9.05. The van der Waals surface area contributed by atoms with E-state index in [4.69, 9.17) is 11.6 Å². The van der Waals surface area contributed by atoms with Crippen LogP contribution < -0.4 is 10.9 Å². The van der Waals surface area contributed by atoms with Crippen LogP contribution in [0.2, 0.25) is 5.02 Å². The molecule has 1 aliphatic rings. The Hall–Kier alpha value is -2.97. The smallest absolute Gasteiger partial charge is 0.271 e.